The molecule has 2 heterocycles. The Labute approximate surface area is 148 Å². The van der Waals surface area contributed by atoms with Crippen molar-refractivity contribution >= 4 is 11.6 Å². The highest BCUT2D eigenvalue weighted by molar-refractivity contribution is 5.82. The summed E-state index contributed by atoms with van der Waals surface area (Å²) >= 11 is 0. The van der Waals surface area contributed by atoms with Crippen molar-refractivity contribution in [3.63, 3.8) is 0 Å². The summed E-state index contributed by atoms with van der Waals surface area (Å²) in [5.41, 5.74) is 0.975. The lowest BCUT2D eigenvalue weighted by molar-refractivity contribution is -0.137. The van der Waals surface area contributed by atoms with E-state index in [0.717, 1.165) is 49.7 Å². The highest BCUT2D eigenvalue weighted by Gasteiger charge is 2.29. The van der Waals surface area contributed by atoms with Crippen molar-refractivity contribution in [3.8, 4) is 11.5 Å². The zero-order valence-corrected chi connectivity index (χ0v) is 14.9. The number of hydrogen-bond acceptors (Lipinski definition) is 6. The number of hydrogen-bond donors (Lipinski definition) is 2. The number of amides is 1. The molecule has 1 aromatic rings. The van der Waals surface area contributed by atoms with E-state index in [9.17, 15) is 4.79 Å². The second kappa shape index (κ2) is 8.40. The Hall–Kier alpha value is -1.99. The maximum Gasteiger partial charge on any atom is 0.242 e. The molecule has 3 rings (SSSR count). The number of benzene rings is 1. The van der Waals surface area contributed by atoms with Gasteiger partial charge in [-0.3, -0.25) is 4.79 Å². The minimum absolute atomic E-state index is 0.154. The van der Waals surface area contributed by atoms with Crippen LogP contribution in [0.25, 0.3) is 0 Å². The third-order valence-electron chi connectivity index (χ3n) is 4.75. The van der Waals surface area contributed by atoms with Crippen LogP contribution in [-0.4, -0.2) is 70.0 Å². The van der Waals surface area contributed by atoms with E-state index in [-0.39, 0.29) is 11.9 Å². The third-order valence-corrected chi connectivity index (χ3v) is 4.75. The number of nitrogens with zero attached hydrogens (tertiary/aromatic N) is 1. The molecule has 2 N–H and O–H groups in total. The normalized spacial score (nSPS) is 21.7. The average molecular weight is 349 g/mol. The maximum atomic E-state index is 12.5. The number of carbonyl (C=O) groups excluding carboxylic acids is 1. The number of anilines is 1. The Morgan fingerprint density at radius 3 is 2.44 bits per heavy atom. The van der Waals surface area contributed by atoms with E-state index in [0.29, 0.717) is 19.3 Å². The summed E-state index contributed by atoms with van der Waals surface area (Å²) in [6, 6.07) is 5.91. The highest BCUT2D eigenvalue weighted by Crippen LogP contribution is 2.27. The second-order valence-corrected chi connectivity index (χ2v) is 6.43. The molecule has 1 atom stereocenters. The quantitative estimate of drug-likeness (QED) is 0.829. The molecule has 0 bridgehead atoms. The molecule has 1 amide bonds. The Morgan fingerprint density at radius 1 is 1.20 bits per heavy atom. The van der Waals surface area contributed by atoms with Crippen molar-refractivity contribution in [3.05, 3.63) is 18.2 Å². The molecule has 0 aromatic heterocycles. The van der Waals surface area contributed by atoms with Gasteiger partial charge in [-0.2, -0.15) is 0 Å². The van der Waals surface area contributed by atoms with Gasteiger partial charge in [0.25, 0.3) is 0 Å². The number of nitrogens with one attached hydrogen (secondary N) is 2. The van der Waals surface area contributed by atoms with Crippen molar-refractivity contribution in [2.45, 2.75) is 24.9 Å². The summed E-state index contributed by atoms with van der Waals surface area (Å²) in [5.74, 6) is 1.68. The summed E-state index contributed by atoms with van der Waals surface area (Å²) in [6.45, 7) is 3.41. The summed E-state index contributed by atoms with van der Waals surface area (Å²) < 4.78 is 16.0. The van der Waals surface area contributed by atoms with E-state index >= 15 is 0 Å². The van der Waals surface area contributed by atoms with Crippen molar-refractivity contribution in [2.75, 3.05) is 52.4 Å². The van der Waals surface area contributed by atoms with E-state index in [2.05, 4.69) is 10.6 Å². The molecule has 2 aliphatic rings. The van der Waals surface area contributed by atoms with Crippen LogP contribution in [0, 0.1) is 0 Å². The molecule has 138 valence electrons. The molecule has 1 unspecified atom stereocenters. The Kier molecular flexibility index (Phi) is 5.99. The zero-order valence-electron chi connectivity index (χ0n) is 14.9. The Bertz CT molecular complexity index is 559. The zero-order chi connectivity index (χ0) is 17.6. The minimum Gasteiger partial charge on any atom is -0.497 e. The first-order valence-electron chi connectivity index (χ1n) is 8.79. The van der Waals surface area contributed by atoms with Crippen molar-refractivity contribution in [2.24, 2.45) is 0 Å². The first kappa shape index (κ1) is 17.8. The molecule has 0 saturated carbocycles. The van der Waals surface area contributed by atoms with E-state index in [1.165, 1.54) is 0 Å². The van der Waals surface area contributed by atoms with Gasteiger partial charge in [0.2, 0.25) is 5.91 Å². The SMILES string of the molecule is COc1cc(NC2CCN(C(=O)C3COCCN3)CC2)cc(OC)c1. The molecular weight excluding hydrogens is 322 g/mol. The molecule has 2 aliphatic heterocycles. The van der Waals surface area contributed by atoms with Crippen LogP contribution in [0.1, 0.15) is 12.8 Å². The monoisotopic (exact) mass is 349 g/mol. The van der Waals surface area contributed by atoms with Gasteiger partial charge in [0.05, 0.1) is 27.4 Å². The number of likely N-dealkylation sites (tertiary alicyclic amines) is 1. The molecule has 0 radical (unpaired) electrons. The lowest BCUT2D eigenvalue weighted by Crippen LogP contribution is -2.54. The van der Waals surface area contributed by atoms with Crippen LogP contribution in [0.4, 0.5) is 5.69 Å². The number of methoxy groups -OCH3 is 2. The summed E-state index contributed by atoms with van der Waals surface area (Å²) in [5, 5.41) is 6.76. The molecule has 7 nitrogen and oxygen atoms in total. The van der Waals surface area contributed by atoms with Gasteiger partial charge in [-0.15, -0.1) is 0 Å². The van der Waals surface area contributed by atoms with Crippen LogP contribution in [0.15, 0.2) is 18.2 Å². The van der Waals surface area contributed by atoms with Crippen LogP contribution in [0.3, 0.4) is 0 Å². The van der Waals surface area contributed by atoms with Crippen LogP contribution in [0.2, 0.25) is 0 Å². The maximum absolute atomic E-state index is 12.5. The van der Waals surface area contributed by atoms with Crippen molar-refractivity contribution in [1.82, 2.24) is 10.2 Å². The standard InChI is InChI=1S/C18H27N3O4/c1-23-15-9-14(10-16(11-15)24-2)20-13-3-6-21(7-4-13)18(22)17-12-25-8-5-19-17/h9-11,13,17,19-20H,3-8,12H2,1-2H3. The van der Waals surface area contributed by atoms with E-state index in [1.807, 2.05) is 23.1 Å². The lowest BCUT2D eigenvalue weighted by Gasteiger charge is -2.36. The van der Waals surface area contributed by atoms with Gasteiger partial charge in [0, 0.05) is 49.6 Å². The molecule has 0 aliphatic carbocycles. The average Bonchev–Trinajstić information content (AvgIpc) is 2.68. The number of piperidine rings is 1. The number of morpholine rings is 1. The summed E-state index contributed by atoms with van der Waals surface area (Å²) in [7, 11) is 3.29. The first-order valence-corrected chi connectivity index (χ1v) is 8.79. The molecule has 2 fully saturated rings. The molecular formula is C18H27N3O4. The Morgan fingerprint density at radius 2 is 1.88 bits per heavy atom. The fraction of sp³-hybridized carbons (Fsp3) is 0.611. The van der Waals surface area contributed by atoms with Crippen LogP contribution < -0.4 is 20.1 Å². The smallest absolute Gasteiger partial charge is 0.242 e. The molecule has 1 aromatic carbocycles. The van der Waals surface area contributed by atoms with Crippen LogP contribution >= 0.6 is 0 Å². The van der Waals surface area contributed by atoms with Gasteiger partial charge < -0.3 is 29.7 Å². The van der Waals surface area contributed by atoms with Crippen LogP contribution in [0.5, 0.6) is 11.5 Å². The van der Waals surface area contributed by atoms with Crippen molar-refractivity contribution < 1.29 is 19.0 Å². The second-order valence-electron chi connectivity index (χ2n) is 6.43. The lowest BCUT2D eigenvalue weighted by atomic mass is 10.0. The molecule has 25 heavy (non-hydrogen) atoms. The number of carbonyl (C=O) groups is 1. The fourth-order valence-electron chi connectivity index (χ4n) is 3.32. The largest absolute Gasteiger partial charge is 0.497 e. The third kappa shape index (κ3) is 4.55. The minimum atomic E-state index is -0.194. The van der Waals surface area contributed by atoms with E-state index in [1.54, 1.807) is 14.2 Å². The van der Waals surface area contributed by atoms with Crippen LogP contribution in [-0.2, 0) is 9.53 Å². The van der Waals surface area contributed by atoms with E-state index < -0.39 is 0 Å². The predicted molar refractivity (Wildman–Crippen MR) is 95.4 cm³/mol. The topological polar surface area (TPSA) is 72.1 Å². The van der Waals surface area contributed by atoms with Gasteiger partial charge in [-0.25, -0.2) is 0 Å². The predicted octanol–water partition coefficient (Wildman–Crippen LogP) is 1.10. The molecule has 7 heteroatoms. The number of ether oxygens (including phenoxy) is 3. The van der Waals surface area contributed by atoms with Gasteiger partial charge >= 0.3 is 0 Å². The first-order chi connectivity index (χ1) is 12.2. The Balaban J connectivity index is 1.53. The highest BCUT2D eigenvalue weighted by atomic mass is 16.5. The van der Waals surface area contributed by atoms with E-state index in [4.69, 9.17) is 14.2 Å². The summed E-state index contributed by atoms with van der Waals surface area (Å²) in [6.07, 6.45) is 1.83. The van der Waals surface area contributed by atoms with Gasteiger partial charge in [0.15, 0.2) is 0 Å². The number of rotatable bonds is 5. The van der Waals surface area contributed by atoms with Gasteiger partial charge in [-0.1, -0.05) is 0 Å². The van der Waals surface area contributed by atoms with Crippen molar-refractivity contribution in [1.29, 1.82) is 0 Å². The molecule has 0 spiro atoms. The van der Waals surface area contributed by atoms with Gasteiger partial charge in [-0.05, 0) is 12.8 Å². The summed E-state index contributed by atoms with van der Waals surface area (Å²) in [4.78, 5) is 14.5. The van der Waals surface area contributed by atoms with Gasteiger partial charge in [0.1, 0.15) is 17.5 Å². The molecule has 2 saturated heterocycles. The fourth-order valence-corrected chi connectivity index (χ4v) is 3.32.